The highest BCUT2D eigenvalue weighted by Crippen LogP contribution is 2.23. The maximum absolute atomic E-state index is 13.0. The normalized spacial score (nSPS) is 10.8. The molecule has 102 valence electrons. The lowest BCUT2D eigenvalue weighted by molar-refractivity contribution is -0.111. The van der Waals surface area contributed by atoms with Crippen molar-refractivity contribution in [2.24, 2.45) is 0 Å². The molecule has 20 heavy (non-hydrogen) atoms. The van der Waals surface area contributed by atoms with E-state index in [0.717, 1.165) is 5.56 Å². The molecule has 2 aromatic carbocycles. The second-order valence-electron chi connectivity index (χ2n) is 4.01. The number of nitrogens with one attached hydrogen (secondary N) is 1. The van der Waals surface area contributed by atoms with Crippen molar-refractivity contribution in [2.45, 2.75) is 0 Å². The minimum atomic E-state index is -0.406. The number of halogens is 3. The Morgan fingerprint density at radius 3 is 2.60 bits per heavy atom. The molecule has 0 aromatic heterocycles. The summed E-state index contributed by atoms with van der Waals surface area (Å²) in [7, 11) is 0. The summed E-state index contributed by atoms with van der Waals surface area (Å²) in [6, 6.07) is 10.7. The van der Waals surface area contributed by atoms with Gasteiger partial charge in [-0.15, -0.1) is 0 Å². The van der Waals surface area contributed by atoms with Crippen LogP contribution in [0.4, 0.5) is 10.1 Å². The fourth-order valence-corrected chi connectivity index (χ4v) is 1.84. The quantitative estimate of drug-likeness (QED) is 0.812. The van der Waals surface area contributed by atoms with Crippen molar-refractivity contribution < 1.29 is 9.18 Å². The molecule has 0 heterocycles. The molecule has 0 aliphatic heterocycles. The predicted octanol–water partition coefficient (Wildman–Crippen LogP) is 4.78. The van der Waals surface area contributed by atoms with Gasteiger partial charge in [0.25, 0.3) is 0 Å². The summed E-state index contributed by atoms with van der Waals surface area (Å²) >= 11 is 11.7. The predicted molar refractivity (Wildman–Crippen MR) is 80.5 cm³/mol. The Morgan fingerprint density at radius 2 is 1.90 bits per heavy atom. The van der Waals surface area contributed by atoms with Crippen LogP contribution in [0.3, 0.4) is 0 Å². The summed E-state index contributed by atoms with van der Waals surface area (Å²) in [6.07, 6.45) is 2.93. The Labute approximate surface area is 125 Å². The standard InChI is InChI=1S/C15H10Cl2FNO/c16-13-6-4-10(8-14(13)17)5-7-15(20)19-12-3-1-2-11(18)9-12/h1-9H,(H,19,20). The van der Waals surface area contributed by atoms with Gasteiger partial charge in [0, 0.05) is 11.8 Å². The lowest BCUT2D eigenvalue weighted by atomic mass is 10.2. The van der Waals surface area contributed by atoms with Crippen molar-refractivity contribution in [3.05, 3.63) is 70.0 Å². The highest BCUT2D eigenvalue weighted by atomic mass is 35.5. The molecule has 0 aliphatic rings. The van der Waals surface area contributed by atoms with Crippen molar-refractivity contribution in [1.82, 2.24) is 0 Å². The first-order valence-electron chi connectivity index (χ1n) is 5.74. The van der Waals surface area contributed by atoms with Gasteiger partial charge in [-0.1, -0.05) is 35.3 Å². The fourth-order valence-electron chi connectivity index (χ4n) is 1.54. The molecule has 2 nitrogen and oxygen atoms in total. The zero-order chi connectivity index (χ0) is 14.5. The second-order valence-corrected chi connectivity index (χ2v) is 4.82. The van der Waals surface area contributed by atoms with Crippen LogP contribution in [0.1, 0.15) is 5.56 Å². The van der Waals surface area contributed by atoms with Crippen LogP contribution in [0.25, 0.3) is 6.08 Å². The molecule has 0 bridgehead atoms. The second kappa shape index (κ2) is 6.55. The lowest BCUT2D eigenvalue weighted by Gasteiger charge is -2.02. The van der Waals surface area contributed by atoms with Gasteiger partial charge in [0.2, 0.25) is 5.91 Å². The first kappa shape index (κ1) is 14.6. The van der Waals surface area contributed by atoms with E-state index in [2.05, 4.69) is 5.32 Å². The van der Waals surface area contributed by atoms with Crippen LogP contribution in [0, 0.1) is 5.82 Å². The van der Waals surface area contributed by atoms with Crippen LogP contribution in [0.15, 0.2) is 48.5 Å². The Morgan fingerprint density at radius 1 is 1.10 bits per heavy atom. The maximum atomic E-state index is 13.0. The molecule has 2 aromatic rings. The summed E-state index contributed by atoms with van der Waals surface area (Å²) in [5.41, 5.74) is 1.14. The number of anilines is 1. The van der Waals surface area contributed by atoms with Gasteiger partial charge in [0.15, 0.2) is 0 Å². The minimum absolute atomic E-state index is 0.360. The number of amides is 1. The molecule has 0 saturated heterocycles. The Hall–Kier alpha value is -1.84. The van der Waals surface area contributed by atoms with Gasteiger partial charge >= 0.3 is 0 Å². The van der Waals surface area contributed by atoms with Gasteiger partial charge in [0.05, 0.1) is 10.0 Å². The van der Waals surface area contributed by atoms with Crippen LogP contribution >= 0.6 is 23.2 Å². The van der Waals surface area contributed by atoms with Crippen molar-refractivity contribution in [3.8, 4) is 0 Å². The third kappa shape index (κ3) is 4.08. The van der Waals surface area contributed by atoms with Crippen LogP contribution in [-0.4, -0.2) is 5.91 Å². The zero-order valence-electron chi connectivity index (χ0n) is 10.2. The molecule has 2 rings (SSSR count). The molecule has 0 saturated carbocycles. The van der Waals surface area contributed by atoms with E-state index in [1.165, 1.54) is 24.3 Å². The summed E-state index contributed by atoms with van der Waals surface area (Å²) < 4.78 is 13.0. The molecular formula is C15H10Cl2FNO. The fraction of sp³-hybridized carbons (Fsp3) is 0. The zero-order valence-corrected chi connectivity index (χ0v) is 11.8. The molecule has 1 amide bonds. The Bertz CT molecular complexity index is 671. The molecule has 0 aliphatic carbocycles. The van der Waals surface area contributed by atoms with E-state index in [9.17, 15) is 9.18 Å². The van der Waals surface area contributed by atoms with E-state index in [-0.39, 0.29) is 5.91 Å². The van der Waals surface area contributed by atoms with Crippen LogP contribution in [-0.2, 0) is 4.79 Å². The SMILES string of the molecule is O=C(C=Cc1ccc(Cl)c(Cl)c1)Nc1cccc(F)c1. The number of benzene rings is 2. The summed E-state index contributed by atoms with van der Waals surface area (Å²) in [4.78, 5) is 11.7. The van der Waals surface area contributed by atoms with E-state index in [1.54, 1.807) is 30.3 Å². The molecule has 0 fully saturated rings. The monoisotopic (exact) mass is 309 g/mol. The largest absolute Gasteiger partial charge is 0.322 e. The van der Waals surface area contributed by atoms with Crippen molar-refractivity contribution in [2.75, 3.05) is 5.32 Å². The number of carbonyl (C=O) groups is 1. The Kier molecular flexibility index (Phi) is 4.77. The minimum Gasteiger partial charge on any atom is -0.322 e. The lowest BCUT2D eigenvalue weighted by Crippen LogP contribution is -2.07. The third-order valence-electron chi connectivity index (χ3n) is 2.46. The molecule has 0 atom stereocenters. The number of carbonyl (C=O) groups excluding carboxylic acids is 1. The average Bonchev–Trinajstić information content (AvgIpc) is 2.40. The van der Waals surface area contributed by atoms with E-state index < -0.39 is 5.82 Å². The number of hydrogen-bond donors (Lipinski definition) is 1. The average molecular weight is 310 g/mol. The third-order valence-corrected chi connectivity index (χ3v) is 3.20. The highest BCUT2D eigenvalue weighted by Gasteiger charge is 2.00. The smallest absolute Gasteiger partial charge is 0.248 e. The van der Waals surface area contributed by atoms with E-state index in [4.69, 9.17) is 23.2 Å². The van der Waals surface area contributed by atoms with E-state index in [1.807, 2.05) is 0 Å². The first-order chi connectivity index (χ1) is 9.54. The maximum Gasteiger partial charge on any atom is 0.248 e. The first-order valence-corrected chi connectivity index (χ1v) is 6.50. The summed E-state index contributed by atoms with van der Waals surface area (Å²) in [5, 5.41) is 3.42. The van der Waals surface area contributed by atoms with Crippen molar-refractivity contribution in [1.29, 1.82) is 0 Å². The highest BCUT2D eigenvalue weighted by molar-refractivity contribution is 6.42. The molecule has 1 N–H and O–H groups in total. The van der Waals surface area contributed by atoms with E-state index in [0.29, 0.717) is 15.7 Å². The van der Waals surface area contributed by atoms with Crippen LogP contribution in [0.5, 0.6) is 0 Å². The van der Waals surface area contributed by atoms with Gasteiger partial charge in [-0.2, -0.15) is 0 Å². The molecule has 0 spiro atoms. The molecule has 0 radical (unpaired) electrons. The molecule has 5 heteroatoms. The molecular weight excluding hydrogens is 300 g/mol. The van der Waals surface area contributed by atoms with Gasteiger partial charge in [-0.25, -0.2) is 4.39 Å². The van der Waals surface area contributed by atoms with E-state index >= 15 is 0 Å². The Balaban J connectivity index is 2.03. The van der Waals surface area contributed by atoms with Crippen molar-refractivity contribution >= 4 is 40.9 Å². The summed E-state index contributed by atoms with van der Waals surface area (Å²) in [5.74, 6) is -0.766. The van der Waals surface area contributed by atoms with Gasteiger partial charge in [-0.3, -0.25) is 4.79 Å². The number of rotatable bonds is 3. The van der Waals surface area contributed by atoms with Crippen molar-refractivity contribution in [3.63, 3.8) is 0 Å². The topological polar surface area (TPSA) is 29.1 Å². The van der Waals surface area contributed by atoms with Gasteiger partial charge in [-0.05, 0) is 42.0 Å². The van der Waals surface area contributed by atoms with Gasteiger partial charge in [0.1, 0.15) is 5.82 Å². The summed E-state index contributed by atoms with van der Waals surface area (Å²) in [6.45, 7) is 0. The number of hydrogen-bond acceptors (Lipinski definition) is 1. The van der Waals surface area contributed by atoms with Crippen LogP contribution < -0.4 is 5.32 Å². The van der Waals surface area contributed by atoms with Gasteiger partial charge < -0.3 is 5.32 Å². The molecule has 0 unspecified atom stereocenters. The van der Waals surface area contributed by atoms with Crippen LogP contribution in [0.2, 0.25) is 10.0 Å².